The highest BCUT2D eigenvalue weighted by Gasteiger charge is 2.31. The van der Waals surface area contributed by atoms with Crippen molar-refractivity contribution in [3.63, 3.8) is 0 Å². The lowest BCUT2D eigenvalue weighted by Crippen LogP contribution is -2.32. The molecule has 0 saturated heterocycles. The molecule has 12 heavy (non-hydrogen) atoms. The molecule has 2 rings (SSSR count). The van der Waals surface area contributed by atoms with Crippen molar-refractivity contribution < 1.29 is 5.11 Å². The molecule has 0 amide bonds. The lowest BCUT2D eigenvalue weighted by molar-refractivity contribution is 0.0785. The Morgan fingerprint density at radius 3 is 3.08 bits per heavy atom. The zero-order chi connectivity index (χ0) is 8.55. The monoisotopic (exact) mass is 164 g/mol. The van der Waals surface area contributed by atoms with E-state index >= 15 is 0 Å². The quantitative estimate of drug-likeness (QED) is 0.544. The van der Waals surface area contributed by atoms with Crippen molar-refractivity contribution in [3.05, 3.63) is 23.8 Å². The molecule has 0 spiro atoms. The first-order valence-corrected chi connectivity index (χ1v) is 4.80. The predicted octanol–water partition coefficient (Wildman–Crippen LogP) is 2.28. The topological polar surface area (TPSA) is 20.2 Å². The Balaban J connectivity index is 2.26. The van der Waals surface area contributed by atoms with E-state index in [2.05, 4.69) is 25.2 Å². The molecule has 1 heteroatoms. The molecule has 1 nitrogen and oxygen atoms in total. The van der Waals surface area contributed by atoms with Crippen molar-refractivity contribution in [1.29, 1.82) is 0 Å². The summed E-state index contributed by atoms with van der Waals surface area (Å²) >= 11 is 0. The second-order valence-corrected chi connectivity index (χ2v) is 3.95. The minimum absolute atomic E-state index is 0.0938. The first kappa shape index (κ1) is 8.06. The van der Waals surface area contributed by atoms with Gasteiger partial charge < -0.3 is 5.11 Å². The van der Waals surface area contributed by atoms with Crippen LogP contribution in [-0.4, -0.2) is 11.2 Å². The number of aliphatic hydroxyl groups excluding tert-OH is 1. The summed E-state index contributed by atoms with van der Waals surface area (Å²) in [5.41, 5.74) is 1.45. The summed E-state index contributed by atoms with van der Waals surface area (Å²) in [5, 5.41) is 9.74. The van der Waals surface area contributed by atoms with E-state index in [1.165, 1.54) is 5.57 Å². The average Bonchev–Trinajstić information content (AvgIpc) is 2.12. The third kappa shape index (κ3) is 1.22. The number of aliphatic hydroxyl groups is 1. The van der Waals surface area contributed by atoms with E-state index < -0.39 is 0 Å². The van der Waals surface area contributed by atoms with E-state index in [9.17, 15) is 5.11 Å². The molecule has 0 saturated carbocycles. The maximum atomic E-state index is 9.74. The highest BCUT2D eigenvalue weighted by atomic mass is 16.3. The van der Waals surface area contributed by atoms with E-state index in [1.54, 1.807) is 0 Å². The molecule has 2 aliphatic carbocycles. The van der Waals surface area contributed by atoms with Crippen LogP contribution in [0.25, 0.3) is 0 Å². The van der Waals surface area contributed by atoms with Gasteiger partial charge in [-0.3, -0.25) is 0 Å². The first-order chi connectivity index (χ1) is 5.79. The van der Waals surface area contributed by atoms with Crippen LogP contribution >= 0.6 is 0 Å². The van der Waals surface area contributed by atoms with Gasteiger partial charge in [-0.05, 0) is 32.1 Å². The van der Waals surface area contributed by atoms with Crippen LogP contribution in [0.1, 0.15) is 26.2 Å². The third-order valence-corrected chi connectivity index (χ3v) is 3.17. The molecule has 3 atom stereocenters. The molecule has 0 aliphatic heterocycles. The zero-order valence-electron chi connectivity index (χ0n) is 7.53. The molecule has 66 valence electrons. The smallest absolute Gasteiger partial charge is 0.0611 e. The van der Waals surface area contributed by atoms with Crippen LogP contribution < -0.4 is 0 Å². The Morgan fingerprint density at radius 1 is 1.50 bits per heavy atom. The van der Waals surface area contributed by atoms with Crippen molar-refractivity contribution in [2.45, 2.75) is 32.3 Å². The Bertz CT molecular complexity index is 227. The second kappa shape index (κ2) is 3.06. The fourth-order valence-electron chi connectivity index (χ4n) is 2.39. The van der Waals surface area contributed by atoms with Gasteiger partial charge in [0.05, 0.1) is 6.10 Å². The summed E-state index contributed by atoms with van der Waals surface area (Å²) in [6, 6.07) is 0. The molecule has 0 aromatic carbocycles. The summed E-state index contributed by atoms with van der Waals surface area (Å²) in [6.45, 7) is 2.18. The van der Waals surface area contributed by atoms with Crippen LogP contribution in [-0.2, 0) is 0 Å². The van der Waals surface area contributed by atoms with Crippen LogP contribution in [0.4, 0.5) is 0 Å². The summed E-state index contributed by atoms with van der Waals surface area (Å²) < 4.78 is 0. The largest absolute Gasteiger partial charge is 0.392 e. The number of hydrogen-bond acceptors (Lipinski definition) is 1. The zero-order valence-corrected chi connectivity index (χ0v) is 7.53. The Labute approximate surface area is 73.8 Å². The Morgan fingerprint density at radius 2 is 2.33 bits per heavy atom. The molecule has 1 N–H and O–H groups in total. The van der Waals surface area contributed by atoms with Gasteiger partial charge in [-0.15, -0.1) is 0 Å². The lowest BCUT2D eigenvalue weighted by atomic mass is 9.72. The molecular formula is C11H16O. The van der Waals surface area contributed by atoms with Gasteiger partial charge >= 0.3 is 0 Å². The normalized spacial score (nSPS) is 40.5. The minimum Gasteiger partial charge on any atom is -0.392 e. The minimum atomic E-state index is -0.0938. The fourth-order valence-corrected chi connectivity index (χ4v) is 2.39. The molecule has 0 bridgehead atoms. The second-order valence-electron chi connectivity index (χ2n) is 3.95. The summed E-state index contributed by atoms with van der Waals surface area (Å²) in [6.07, 6.45) is 9.77. The van der Waals surface area contributed by atoms with Gasteiger partial charge in [0.25, 0.3) is 0 Å². The van der Waals surface area contributed by atoms with Gasteiger partial charge in [-0.2, -0.15) is 0 Å². The van der Waals surface area contributed by atoms with Crippen molar-refractivity contribution >= 4 is 0 Å². The molecule has 0 heterocycles. The van der Waals surface area contributed by atoms with Crippen molar-refractivity contribution in [2.75, 3.05) is 0 Å². The highest BCUT2D eigenvalue weighted by molar-refractivity contribution is 5.19. The van der Waals surface area contributed by atoms with Gasteiger partial charge in [0, 0.05) is 5.92 Å². The van der Waals surface area contributed by atoms with Crippen LogP contribution in [0.2, 0.25) is 0 Å². The number of hydrogen-bond donors (Lipinski definition) is 1. The maximum Gasteiger partial charge on any atom is 0.0611 e. The van der Waals surface area contributed by atoms with Crippen molar-refractivity contribution in [1.82, 2.24) is 0 Å². The van der Waals surface area contributed by atoms with E-state index in [-0.39, 0.29) is 6.10 Å². The summed E-state index contributed by atoms with van der Waals surface area (Å²) in [5.74, 6) is 1.03. The van der Waals surface area contributed by atoms with Crippen molar-refractivity contribution in [3.8, 4) is 0 Å². The van der Waals surface area contributed by atoms with Gasteiger partial charge in [0.1, 0.15) is 0 Å². The van der Waals surface area contributed by atoms with Gasteiger partial charge in [0.2, 0.25) is 0 Å². The molecule has 0 unspecified atom stereocenters. The van der Waals surface area contributed by atoms with E-state index in [1.807, 2.05) is 0 Å². The van der Waals surface area contributed by atoms with Crippen molar-refractivity contribution in [2.24, 2.45) is 11.8 Å². The molecule has 0 aromatic heterocycles. The van der Waals surface area contributed by atoms with Gasteiger partial charge in [-0.25, -0.2) is 0 Å². The Hall–Kier alpha value is -0.560. The fraction of sp³-hybridized carbons (Fsp3) is 0.636. The SMILES string of the molecule is CC1=CC[C@@H](O)[C@H]2CCC=C[C@@H]12. The van der Waals surface area contributed by atoms with Gasteiger partial charge in [-0.1, -0.05) is 23.8 Å². The first-order valence-electron chi connectivity index (χ1n) is 4.80. The number of rotatable bonds is 0. The predicted molar refractivity (Wildman–Crippen MR) is 49.7 cm³/mol. The standard InChI is InChI=1S/C11H16O/c1-8-6-7-11(12)10-5-3-2-4-9(8)10/h2,4,6,9-12H,3,5,7H2,1H3/t9-,10-,11+/m0/s1. The molecule has 0 fully saturated rings. The third-order valence-electron chi connectivity index (χ3n) is 3.17. The highest BCUT2D eigenvalue weighted by Crippen LogP contribution is 2.37. The molecule has 2 aliphatic rings. The van der Waals surface area contributed by atoms with Crippen LogP contribution in [0, 0.1) is 11.8 Å². The van der Waals surface area contributed by atoms with Crippen LogP contribution in [0.3, 0.4) is 0 Å². The molecule has 0 aromatic rings. The van der Waals surface area contributed by atoms with Crippen LogP contribution in [0.5, 0.6) is 0 Å². The summed E-state index contributed by atoms with van der Waals surface area (Å²) in [7, 11) is 0. The van der Waals surface area contributed by atoms with E-state index in [0.717, 1.165) is 19.3 Å². The average molecular weight is 164 g/mol. The van der Waals surface area contributed by atoms with Gasteiger partial charge in [0.15, 0.2) is 0 Å². The molecule has 0 radical (unpaired) electrons. The lowest BCUT2D eigenvalue weighted by Gasteiger charge is -2.35. The summed E-state index contributed by atoms with van der Waals surface area (Å²) in [4.78, 5) is 0. The number of fused-ring (bicyclic) bond motifs is 1. The molecular weight excluding hydrogens is 148 g/mol. The van der Waals surface area contributed by atoms with E-state index in [0.29, 0.717) is 11.8 Å². The Kier molecular flexibility index (Phi) is 2.05. The van der Waals surface area contributed by atoms with E-state index in [4.69, 9.17) is 0 Å². The number of allylic oxidation sites excluding steroid dienone is 3. The maximum absolute atomic E-state index is 9.74. The van der Waals surface area contributed by atoms with Crippen LogP contribution in [0.15, 0.2) is 23.8 Å².